The smallest absolute Gasteiger partial charge is 0.250 e. The fourth-order valence-corrected chi connectivity index (χ4v) is 2.21. The number of benzene rings is 1. The van der Waals surface area contributed by atoms with E-state index >= 15 is 0 Å². The third kappa shape index (κ3) is 2.64. The molecule has 3 rings (SSSR count). The number of aromatic nitrogens is 1. The zero-order chi connectivity index (χ0) is 14.0. The number of amides is 1. The molecule has 5 heteroatoms. The Bertz CT molecular complexity index is 633. The summed E-state index contributed by atoms with van der Waals surface area (Å²) in [6.07, 6.45) is 1.72. The highest BCUT2D eigenvalue weighted by atomic mass is 16.5. The fraction of sp³-hybridized carbons (Fsp3) is 0.333. The number of fused-ring (bicyclic) bond motifs is 1. The average molecular weight is 271 g/mol. The Morgan fingerprint density at radius 1 is 1.40 bits per heavy atom. The summed E-state index contributed by atoms with van der Waals surface area (Å²) in [5.74, 6) is -0.156. The number of anilines is 1. The van der Waals surface area contributed by atoms with Gasteiger partial charge in [0.1, 0.15) is 6.61 Å². The number of nitrogens with one attached hydrogen (secondary N) is 2. The van der Waals surface area contributed by atoms with Gasteiger partial charge in [-0.1, -0.05) is 18.2 Å². The molecule has 2 aromatic rings. The normalized spacial score (nSPS) is 16.6. The van der Waals surface area contributed by atoms with E-state index in [0.717, 1.165) is 24.0 Å². The maximum Gasteiger partial charge on any atom is 0.250 e. The van der Waals surface area contributed by atoms with Crippen molar-refractivity contribution in [2.24, 2.45) is 0 Å². The first kappa shape index (κ1) is 13.0. The quantitative estimate of drug-likeness (QED) is 0.885. The lowest BCUT2D eigenvalue weighted by Crippen LogP contribution is -2.59. The first-order valence-electron chi connectivity index (χ1n) is 6.65. The maximum atomic E-state index is 12.0. The van der Waals surface area contributed by atoms with Gasteiger partial charge >= 0.3 is 0 Å². The van der Waals surface area contributed by atoms with E-state index < -0.39 is 0 Å². The standard InChI is InChI=1S/C15H17N3O2/c1-15(9-16-10-15)20-8-13(19)18-12-6-2-4-11-5-3-7-17-14(11)12/h2-7,16H,8-10H2,1H3,(H,18,19). The van der Waals surface area contributed by atoms with Crippen LogP contribution in [0.4, 0.5) is 5.69 Å². The van der Waals surface area contributed by atoms with Crippen LogP contribution in [0.3, 0.4) is 0 Å². The van der Waals surface area contributed by atoms with E-state index in [1.54, 1.807) is 6.20 Å². The molecule has 0 bridgehead atoms. The molecule has 1 aliphatic rings. The number of pyridine rings is 1. The summed E-state index contributed by atoms with van der Waals surface area (Å²) < 4.78 is 5.62. The van der Waals surface area contributed by atoms with Crippen LogP contribution in [0.2, 0.25) is 0 Å². The topological polar surface area (TPSA) is 63.2 Å². The summed E-state index contributed by atoms with van der Waals surface area (Å²) in [7, 11) is 0. The summed E-state index contributed by atoms with van der Waals surface area (Å²) in [6.45, 7) is 3.63. The average Bonchev–Trinajstić information content (AvgIpc) is 2.43. The third-order valence-electron chi connectivity index (χ3n) is 3.46. The number of nitrogens with zero attached hydrogens (tertiary/aromatic N) is 1. The van der Waals surface area contributed by atoms with Gasteiger partial charge in [-0.3, -0.25) is 9.78 Å². The predicted octanol–water partition coefficient (Wildman–Crippen LogP) is 1.55. The summed E-state index contributed by atoms with van der Waals surface area (Å²) in [4.78, 5) is 16.3. The number of para-hydroxylation sites is 1. The van der Waals surface area contributed by atoms with Crippen molar-refractivity contribution in [3.8, 4) is 0 Å². The van der Waals surface area contributed by atoms with Gasteiger partial charge in [0.05, 0.1) is 16.8 Å². The lowest BCUT2D eigenvalue weighted by atomic mass is 10.0. The molecule has 20 heavy (non-hydrogen) atoms. The van der Waals surface area contributed by atoms with Gasteiger partial charge in [-0.25, -0.2) is 0 Å². The molecule has 2 heterocycles. The van der Waals surface area contributed by atoms with Crippen molar-refractivity contribution >= 4 is 22.5 Å². The van der Waals surface area contributed by atoms with Gasteiger partial charge in [-0.15, -0.1) is 0 Å². The fourth-order valence-electron chi connectivity index (χ4n) is 2.21. The van der Waals surface area contributed by atoms with Crippen LogP contribution < -0.4 is 10.6 Å². The van der Waals surface area contributed by atoms with Gasteiger partial charge in [-0.2, -0.15) is 0 Å². The Balaban J connectivity index is 1.68. The lowest BCUT2D eigenvalue weighted by Gasteiger charge is -2.38. The second-order valence-corrected chi connectivity index (χ2v) is 5.27. The monoisotopic (exact) mass is 271 g/mol. The molecule has 1 saturated heterocycles. The molecule has 1 aromatic heterocycles. The van der Waals surface area contributed by atoms with E-state index in [0.29, 0.717) is 5.69 Å². The molecule has 1 fully saturated rings. The highest BCUT2D eigenvalue weighted by Gasteiger charge is 2.33. The second-order valence-electron chi connectivity index (χ2n) is 5.27. The van der Waals surface area contributed by atoms with Crippen LogP contribution >= 0.6 is 0 Å². The van der Waals surface area contributed by atoms with Crippen LogP contribution in [0.5, 0.6) is 0 Å². The zero-order valence-corrected chi connectivity index (χ0v) is 11.3. The summed E-state index contributed by atoms with van der Waals surface area (Å²) in [5, 5.41) is 6.99. The number of rotatable bonds is 4. The highest BCUT2D eigenvalue weighted by molar-refractivity contribution is 6.00. The molecule has 1 amide bonds. The SMILES string of the molecule is CC1(OCC(=O)Nc2cccc3cccnc23)CNC1. The van der Waals surface area contributed by atoms with Crippen molar-refractivity contribution in [3.05, 3.63) is 36.5 Å². The third-order valence-corrected chi connectivity index (χ3v) is 3.46. The van der Waals surface area contributed by atoms with Gasteiger partial charge in [0.15, 0.2) is 0 Å². The van der Waals surface area contributed by atoms with Crippen LogP contribution in [0.25, 0.3) is 10.9 Å². The lowest BCUT2D eigenvalue weighted by molar-refractivity contribution is -0.130. The minimum absolute atomic E-state index is 0.0569. The number of hydrogen-bond acceptors (Lipinski definition) is 4. The Hall–Kier alpha value is -1.98. The van der Waals surface area contributed by atoms with Crippen LogP contribution in [0, 0.1) is 0 Å². The van der Waals surface area contributed by atoms with E-state index in [9.17, 15) is 4.79 Å². The molecule has 0 unspecified atom stereocenters. The van der Waals surface area contributed by atoms with E-state index in [1.807, 2.05) is 37.3 Å². The first-order valence-corrected chi connectivity index (χ1v) is 6.65. The molecular formula is C15H17N3O2. The Morgan fingerprint density at radius 2 is 2.20 bits per heavy atom. The van der Waals surface area contributed by atoms with Gasteiger partial charge in [0, 0.05) is 24.7 Å². The molecule has 2 N–H and O–H groups in total. The van der Waals surface area contributed by atoms with Crippen molar-refractivity contribution in [1.82, 2.24) is 10.3 Å². The molecule has 5 nitrogen and oxygen atoms in total. The van der Waals surface area contributed by atoms with Crippen LogP contribution in [-0.4, -0.2) is 36.2 Å². The van der Waals surface area contributed by atoms with Gasteiger partial charge < -0.3 is 15.4 Å². The van der Waals surface area contributed by atoms with Crippen molar-refractivity contribution in [2.75, 3.05) is 25.0 Å². The van der Waals surface area contributed by atoms with Gasteiger partial charge in [-0.05, 0) is 19.1 Å². The summed E-state index contributed by atoms with van der Waals surface area (Å²) in [6, 6.07) is 9.56. The molecule has 0 aliphatic carbocycles. The van der Waals surface area contributed by atoms with E-state index in [2.05, 4.69) is 15.6 Å². The molecule has 104 valence electrons. The van der Waals surface area contributed by atoms with Crippen LogP contribution in [-0.2, 0) is 9.53 Å². The Morgan fingerprint density at radius 3 is 2.95 bits per heavy atom. The zero-order valence-electron chi connectivity index (χ0n) is 11.3. The highest BCUT2D eigenvalue weighted by Crippen LogP contribution is 2.21. The molecule has 1 aromatic carbocycles. The number of carbonyl (C=O) groups excluding carboxylic acids is 1. The van der Waals surface area contributed by atoms with Gasteiger partial charge in [0.25, 0.3) is 0 Å². The molecule has 0 atom stereocenters. The molecular weight excluding hydrogens is 254 g/mol. The first-order chi connectivity index (χ1) is 9.66. The molecule has 0 spiro atoms. The van der Waals surface area contributed by atoms with E-state index in [-0.39, 0.29) is 18.1 Å². The van der Waals surface area contributed by atoms with Crippen molar-refractivity contribution in [3.63, 3.8) is 0 Å². The summed E-state index contributed by atoms with van der Waals surface area (Å²) >= 11 is 0. The van der Waals surface area contributed by atoms with Crippen LogP contribution in [0.1, 0.15) is 6.92 Å². The van der Waals surface area contributed by atoms with E-state index in [4.69, 9.17) is 4.74 Å². The number of hydrogen-bond donors (Lipinski definition) is 2. The molecule has 1 aliphatic heterocycles. The molecule has 0 saturated carbocycles. The second kappa shape index (κ2) is 5.19. The van der Waals surface area contributed by atoms with Crippen LogP contribution in [0.15, 0.2) is 36.5 Å². The Labute approximate surface area is 117 Å². The maximum absolute atomic E-state index is 12.0. The minimum Gasteiger partial charge on any atom is -0.363 e. The largest absolute Gasteiger partial charge is 0.363 e. The van der Waals surface area contributed by atoms with Crippen molar-refractivity contribution in [2.45, 2.75) is 12.5 Å². The van der Waals surface area contributed by atoms with Crippen molar-refractivity contribution < 1.29 is 9.53 Å². The predicted molar refractivity (Wildman–Crippen MR) is 77.6 cm³/mol. The molecule has 0 radical (unpaired) electrons. The number of carbonyl (C=O) groups is 1. The summed E-state index contributed by atoms with van der Waals surface area (Å²) in [5.41, 5.74) is 1.29. The van der Waals surface area contributed by atoms with E-state index in [1.165, 1.54) is 0 Å². The number of ether oxygens (including phenoxy) is 1. The van der Waals surface area contributed by atoms with Crippen molar-refractivity contribution in [1.29, 1.82) is 0 Å². The Kier molecular flexibility index (Phi) is 3.38. The minimum atomic E-state index is -0.214. The van der Waals surface area contributed by atoms with Gasteiger partial charge in [0.2, 0.25) is 5.91 Å².